The number of carbonyl (C=O) groups excluding carboxylic acids is 1. The summed E-state index contributed by atoms with van der Waals surface area (Å²) in [6.07, 6.45) is -1.57. The van der Waals surface area contributed by atoms with E-state index in [9.17, 15) is 18.0 Å². The van der Waals surface area contributed by atoms with Gasteiger partial charge in [-0.3, -0.25) is 9.48 Å². The Hall–Kier alpha value is -2.31. The maximum atomic E-state index is 12.6. The van der Waals surface area contributed by atoms with E-state index >= 15 is 0 Å². The molecule has 2 heterocycles. The van der Waals surface area contributed by atoms with Gasteiger partial charge < -0.3 is 4.90 Å². The van der Waals surface area contributed by atoms with Crippen LogP contribution in [0, 0.1) is 6.92 Å². The van der Waals surface area contributed by atoms with Gasteiger partial charge in [0.15, 0.2) is 5.69 Å². The van der Waals surface area contributed by atoms with E-state index < -0.39 is 11.9 Å². The first kappa shape index (κ1) is 15.6. The Labute approximate surface area is 131 Å². The maximum absolute atomic E-state index is 12.6. The van der Waals surface area contributed by atoms with Gasteiger partial charge in [-0.25, -0.2) is 0 Å². The minimum atomic E-state index is -4.50. The molecule has 23 heavy (non-hydrogen) atoms. The SMILES string of the molecule is Cc1cccc2c1N(C(=O)Cn1ccc(C(F)(F)F)n1)CCC2. The number of aromatic nitrogens is 2. The summed E-state index contributed by atoms with van der Waals surface area (Å²) in [4.78, 5) is 14.2. The molecule has 0 bridgehead atoms. The number of nitrogens with zero attached hydrogens (tertiary/aromatic N) is 3. The van der Waals surface area contributed by atoms with Gasteiger partial charge in [-0.05, 0) is 37.0 Å². The van der Waals surface area contributed by atoms with Crippen molar-refractivity contribution in [2.24, 2.45) is 0 Å². The average molecular weight is 323 g/mol. The first-order chi connectivity index (χ1) is 10.9. The van der Waals surface area contributed by atoms with Gasteiger partial charge in [-0.15, -0.1) is 0 Å². The van der Waals surface area contributed by atoms with Gasteiger partial charge in [0, 0.05) is 18.4 Å². The highest BCUT2D eigenvalue weighted by Gasteiger charge is 2.34. The fraction of sp³-hybridized carbons (Fsp3) is 0.375. The van der Waals surface area contributed by atoms with Crippen LogP contribution in [0.25, 0.3) is 0 Å². The first-order valence-corrected chi connectivity index (χ1v) is 7.36. The highest BCUT2D eigenvalue weighted by atomic mass is 19.4. The Morgan fingerprint density at radius 3 is 2.78 bits per heavy atom. The van der Waals surface area contributed by atoms with Crippen molar-refractivity contribution in [3.05, 3.63) is 47.3 Å². The second-order valence-electron chi connectivity index (χ2n) is 5.63. The minimum Gasteiger partial charge on any atom is -0.310 e. The van der Waals surface area contributed by atoms with Gasteiger partial charge in [0.1, 0.15) is 6.54 Å². The van der Waals surface area contributed by atoms with Gasteiger partial charge in [0.2, 0.25) is 5.91 Å². The molecule has 1 aliphatic heterocycles. The summed E-state index contributed by atoms with van der Waals surface area (Å²) in [7, 11) is 0. The van der Waals surface area contributed by atoms with E-state index in [0.29, 0.717) is 6.54 Å². The molecule has 1 aromatic carbocycles. The zero-order chi connectivity index (χ0) is 16.6. The molecule has 0 N–H and O–H groups in total. The number of hydrogen-bond acceptors (Lipinski definition) is 2. The summed E-state index contributed by atoms with van der Waals surface area (Å²) < 4.78 is 38.8. The van der Waals surface area contributed by atoms with Crippen LogP contribution in [-0.4, -0.2) is 22.2 Å². The lowest BCUT2D eigenvalue weighted by atomic mass is 9.98. The van der Waals surface area contributed by atoms with E-state index in [1.54, 1.807) is 4.90 Å². The number of fused-ring (bicyclic) bond motifs is 1. The fourth-order valence-electron chi connectivity index (χ4n) is 2.92. The number of rotatable bonds is 2. The average Bonchev–Trinajstić information content (AvgIpc) is 2.95. The lowest BCUT2D eigenvalue weighted by Crippen LogP contribution is -2.38. The Balaban J connectivity index is 1.82. The van der Waals surface area contributed by atoms with Crippen LogP contribution in [0.5, 0.6) is 0 Å². The number of alkyl halides is 3. The molecule has 0 saturated heterocycles. The molecule has 1 aromatic heterocycles. The quantitative estimate of drug-likeness (QED) is 0.851. The summed E-state index contributed by atoms with van der Waals surface area (Å²) in [6.45, 7) is 2.30. The van der Waals surface area contributed by atoms with Crippen molar-refractivity contribution < 1.29 is 18.0 Å². The summed E-state index contributed by atoms with van der Waals surface area (Å²) in [5.41, 5.74) is 1.99. The molecule has 4 nitrogen and oxygen atoms in total. The topological polar surface area (TPSA) is 38.1 Å². The van der Waals surface area contributed by atoms with Crippen LogP contribution in [0.4, 0.5) is 18.9 Å². The minimum absolute atomic E-state index is 0.205. The largest absolute Gasteiger partial charge is 0.435 e. The number of anilines is 1. The van der Waals surface area contributed by atoms with Crippen molar-refractivity contribution in [3.63, 3.8) is 0 Å². The van der Waals surface area contributed by atoms with Gasteiger partial charge in [-0.2, -0.15) is 18.3 Å². The van der Waals surface area contributed by atoms with E-state index in [4.69, 9.17) is 0 Å². The smallest absolute Gasteiger partial charge is 0.310 e. The van der Waals surface area contributed by atoms with Crippen molar-refractivity contribution in [2.75, 3.05) is 11.4 Å². The van der Waals surface area contributed by atoms with Gasteiger partial charge >= 0.3 is 6.18 Å². The lowest BCUT2D eigenvalue weighted by molar-refractivity contribution is -0.141. The molecule has 0 unspecified atom stereocenters. The first-order valence-electron chi connectivity index (χ1n) is 7.36. The van der Waals surface area contributed by atoms with Crippen molar-refractivity contribution in [3.8, 4) is 0 Å². The van der Waals surface area contributed by atoms with Crippen LogP contribution >= 0.6 is 0 Å². The summed E-state index contributed by atoms with van der Waals surface area (Å²) >= 11 is 0. The monoisotopic (exact) mass is 323 g/mol. The summed E-state index contributed by atoms with van der Waals surface area (Å²) in [5.74, 6) is -0.253. The number of halogens is 3. The normalized spacial score (nSPS) is 14.7. The van der Waals surface area contributed by atoms with Gasteiger partial charge in [0.25, 0.3) is 0 Å². The number of aryl methyl sites for hydroxylation is 2. The molecule has 0 saturated carbocycles. The van der Waals surface area contributed by atoms with Crippen molar-refractivity contribution in [1.82, 2.24) is 9.78 Å². The van der Waals surface area contributed by atoms with Crippen LogP contribution in [0.1, 0.15) is 23.2 Å². The number of amides is 1. The highest BCUT2D eigenvalue weighted by Crippen LogP contribution is 2.31. The third-order valence-corrected chi connectivity index (χ3v) is 3.95. The van der Waals surface area contributed by atoms with E-state index in [-0.39, 0.29) is 12.5 Å². The summed E-state index contributed by atoms with van der Waals surface area (Å²) in [5, 5.41) is 3.44. The Bertz CT molecular complexity index is 736. The maximum Gasteiger partial charge on any atom is 0.435 e. The fourth-order valence-corrected chi connectivity index (χ4v) is 2.92. The molecule has 3 rings (SSSR count). The number of benzene rings is 1. The second kappa shape index (κ2) is 5.72. The Morgan fingerprint density at radius 1 is 1.30 bits per heavy atom. The molecule has 122 valence electrons. The summed E-state index contributed by atoms with van der Waals surface area (Å²) in [6, 6.07) is 6.74. The van der Waals surface area contributed by atoms with Crippen molar-refractivity contribution in [1.29, 1.82) is 0 Å². The molecule has 0 aliphatic carbocycles. The molecular weight excluding hydrogens is 307 g/mol. The highest BCUT2D eigenvalue weighted by molar-refractivity contribution is 5.95. The molecule has 2 aromatic rings. The third-order valence-electron chi connectivity index (χ3n) is 3.95. The molecule has 7 heteroatoms. The predicted molar refractivity (Wildman–Crippen MR) is 79.1 cm³/mol. The number of para-hydroxylation sites is 1. The third kappa shape index (κ3) is 3.09. The van der Waals surface area contributed by atoms with Gasteiger partial charge in [-0.1, -0.05) is 18.2 Å². The van der Waals surface area contributed by atoms with Crippen LogP contribution in [0.2, 0.25) is 0 Å². The lowest BCUT2D eigenvalue weighted by Gasteiger charge is -2.31. The zero-order valence-electron chi connectivity index (χ0n) is 12.6. The van der Waals surface area contributed by atoms with Crippen LogP contribution in [0.3, 0.4) is 0 Å². The molecule has 1 amide bonds. The number of hydrogen-bond donors (Lipinski definition) is 0. The molecular formula is C16H16F3N3O. The van der Waals surface area contributed by atoms with Crippen LogP contribution < -0.4 is 4.90 Å². The van der Waals surface area contributed by atoms with Gasteiger partial charge in [0.05, 0.1) is 0 Å². The second-order valence-corrected chi connectivity index (χ2v) is 5.63. The Morgan fingerprint density at radius 2 is 2.09 bits per heavy atom. The molecule has 0 fully saturated rings. The van der Waals surface area contributed by atoms with E-state index in [1.807, 2.05) is 25.1 Å². The van der Waals surface area contributed by atoms with E-state index in [1.165, 1.54) is 6.20 Å². The Kier molecular flexibility index (Phi) is 3.87. The predicted octanol–water partition coefficient (Wildman–Crippen LogP) is 3.19. The van der Waals surface area contributed by atoms with E-state index in [0.717, 1.165) is 40.4 Å². The molecule has 0 radical (unpaired) electrons. The standard InChI is InChI=1S/C16H16F3N3O/c1-11-4-2-5-12-6-3-8-22(15(11)12)14(23)10-21-9-7-13(20-21)16(17,18)19/h2,4-5,7,9H,3,6,8,10H2,1H3. The molecule has 0 spiro atoms. The zero-order valence-corrected chi connectivity index (χ0v) is 12.6. The molecule has 0 atom stereocenters. The van der Waals surface area contributed by atoms with E-state index in [2.05, 4.69) is 5.10 Å². The van der Waals surface area contributed by atoms with Crippen molar-refractivity contribution in [2.45, 2.75) is 32.5 Å². The van der Waals surface area contributed by atoms with Crippen LogP contribution in [-0.2, 0) is 23.9 Å². The van der Waals surface area contributed by atoms with Crippen LogP contribution in [0.15, 0.2) is 30.5 Å². The molecule has 1 aliphatic rings. The number of carbonyl (C=O) groups is 1. The van der Waals surface area contributed by atoms with Crippen molar-refractivity contribution >= 4 is 11.6 Å².